The van der Waals surface area contributed by atoms with E-state index < -0.39 is 17.9 Å². The second kappa shape index (κ2) is 12.1. The van der Waals surface area contributed by atoms with Gasteiger partial charge in [0.05, 0.1) is 60.3 Å². The van der Waals surface area contributed by atoms with E-state index in [1.807, 2.05) is 0 Å². The molecule has 186 valence electrons. The Morgan fingerprint density at radius 1 is 1.00 bits per heavy atom. The molecule has 2 aromatic carbocycles. The van der Waals surface area contributed by atoms with Crippen LogP contribution in [0.2, 0.25) is 0 Å². The van der Waals surface area contributed by atoms with Gasteiger partial charge in [0, 0.05) is 11.3 Å². The molecule has 9 heteroatoms. The summed E-state index contributed by atoms with van der Waals surface area (Å²) in [5.41, 5.74) is 2.59. The molecule has 0 unspecified atom stereocenters. The van der Waals surface area contributed by atoms with E-state index in [9.17, 15) is 19.6 Å². The minimum atomic E-state index is -0.736. The number of methoxy groups -OCH3 is 2. The van der Waals surface area contributed by atoms with Gasteiger partial charge in [0.2, 0.25) is 0 Å². The number of nitrogens with zero attached hydrogens (tertiary/aromatic N) is 1. The summed E-state index contributed by atoms with van der Waals surface area (Å²) in [5.74, 6) is -1.16. The van der Waals surface area contributed by atoms with Gasteiger partial charge in [-0.15, -0.1) is 0 Å². The fraction of sp³-hybridized carbons (Fsp3) is 0.259. The molecule has 1 aliphatic heterocycles. The van der Waals surface area contributed by atoms with E-state index in [1.165, 1.54) is 18.9 Å². The van der Waals surface area contributed by atoms with Gasteiger partial charge in [-0.3, -0.25) is 4.79 Å². The van der Waals surface area contributed by atoms with Crippen LogP contribution in [-0.4, -0.2) is 44.3 Å². The highest BCUT2D eigenvalue weighted by Crippen LogP contribution is 2.41. The van der Waals surface area contributed by atoms with Crippen molar-refractivity contribution < 1.29 is 28.6 Å². The number of nitriles is 1. The van der Waals surface area contributed by atoms with Crippen LogP contribution in [0.5, 0.6) is 5.75 Å². The van der Waals surface area contributed by atoms with Crippen LogP contribution >= 0.6 is 11.8 Å². The van der Waals surface area contributed by atoms with Crippen LogP contribution in [0.4, 0.5) is 0 Å². The summed E-state index contributed by atoms with van der Waals surface area (Å²) >= 11 is 1.19. The number of hydrogen-bond donors (Lipinski definition) is 1. The standard InChI is InChI=1S/C27H26N2O6S/c1-5-35-27(32)23-16(2)29-25(36-15-22(30)17-10-12-20(33-3)13-11-17)21(14-28)24(23)18-6-8-19(9-7-18)26(31)34-4/h6-13,24,29H,5,15H2,1-4H3/t24-/m1/s1. The number of benzene rings is 2. The third-order valence-corrected chi connectivity index (χ3v) is 6.58. The molecule has 0 aromatic heterocycles. The lowest BCUT2D eigenvalue weighted by Crippen LogP contribution is -2.29. The highest BCUT2D eigenvalue weighted by molar-refractivity contribution is 8.03. The molecule has 36 heavy (non-hydrogen) atoms. The first-order valence-corrected chi connectivity index (χ1v) is 12.1. The van der Waals surface area contributed by atoms with Gasteiger partial charge in [-0.1, -0.05) is 23.9 Å². The summed E-state index contributed by atoms with van der Waals surface area (Å²) in [6, 6.07) is 15.5. The maximum absolute atomic E-state index is 12.9. The third kappa shape index (κ3) is 5.78. The lowest BCUT2D eigenvalue weighted by Gasteiger charge is -2.29. The van der Waals surface area contributed by atoms with Crippen LogP contribution in [0.3, 0.4) is 0 Å². The Bertz CT molecular complexity index is 1260. The number of dihydropyridines is 1. The zero-order chi connectivity index (χ0) is 26.2. The summed E-state index contributed by atoms with van der Waals surface area (Å²) in [6.45, 7) is 3.60. The summed E-state index contributed by atoms with van der Waals surface area (Å²) in [6.07, 6.45) is 0. The van der Waals surface area contributed by atoms with Crippen LogP contribution in [0, 0.1) is 11.3 Å². The van der Waals surface area contributed by atoms with Crippen LogP contribution in [-0.2, 0) is 14.3 Å². The minimum Gasteiger partial charge on any atom is -0.497 e. The van der Waals surface area contributed by atoms with E-state index in [-0.39, 0.29) is 23.7 Å². The molecule has 0 fully saturated rings. The number of carbonyl (C=O) groups is 3. The number of rotatable bonds is 9. The molecule has 2 aromatic rings. The second-order valence-electron chi connectivity index (χ2n) is 7.73. The van der Waals surface area contributed by atoms with E-state index in [1.54, 1.807) is 69.5 Å². The lowest BCUT2D eigenvalue weighted by atomic mass is 9.82. The highest BCUT2D eigenvalue weighted by Gasteiger charge is 2.35. The van der Waals surface area contributed by atoms with Gasteiger partial charge < -0.3 is 19.5 Å². The van der Waals surface area contributed by atoms with Crippen molar-refractivity contribution in [1.82, 2.24) is 5.32 Å². The number of ketones is 1. The van der Waals surface area contributed by atoms with E-state index >= 15 is 0 Å². The van der Waals surface area contributed by atoms with Crippen LogP contribution in [0.25, 0.3) is 0 Å². The Balaban J connectivity index is 1.96. The molecule has 0 saturated heterocycles. The van der Waals surface area contributed by atoms with Gasteiger partial charge >= 0.3 is 11.9 Å². The number of carbonyl (C=O) groups excluding carboxylic acids is 3. The molecule has 0 radical (unpaired) electrons. The van der Waals surface area contributed by atoms with Crippen molar-refractivity contribution in [3.05, 3.63) is 87.1 Å². The number of Topliss-reactive ketones (excluding diaryl/α,β-unsaturated/α-hetero) is 1. The van der Waals surface area contributed by atoms with Crippen molar-refractivity contribution in [1.29, 1.82) is 5.26 Å². The average Bonchev–Trinajstić information content (AvgIpc) is 2.90. The fourth-order valence-corrected chi connectivity index (χ4v) is 4.75. The Morgan fingerprint density at radius 2 is 1.64 bits per heavy atom. The Kier molecular flexibility index (Phi) is 8.92. The van der Waals surface area contributed by atoms with E-state index in [4.69, 9.17) is 14.2 Å². The first kappa shape index (κ1) is 26.6. The topological polar surface area (TPSA) is 115 Å². The van der Waals surface area contributed by atoms with Crippen LogP contribution < -0.4 is 10.1 Å². The van der Waals surface area contributed by atoms with Gasteiger partial charge in [0.25, 0.3) is 0 Å². The Labute approximate surface area is 213 Å². The van der Waals surface area contributed by atoms with Gasteiger partial charge in [-0.2, -0.15) is 5.26 Å². The smallest absolute Gasteiger partial charge is 0.337 e. The van der Waals surface area contributed by atoms with Crippen molar-refractivity contribution in [3.63, 3.8) is 0 Å². The Hall–Kier alpha value is -4.03. The molecule has 1 heterocycles. The molecule has 1 atom stereocenters. The lowest BCUT2D eigenvalue weighted by molar-refractivity contribution is -0.138. The van der Waals surface area contributed by atoms with Crippen molar-refractivity contribution in [2.75, 3.05) is 26.6 Å². The number of nitrogens with one attached hydrogen (secondary N) is 1. The summed E-state index contributed by atoms with van der Waals surface area (Å²) in [4.78, 5) is 37.5. The fourth-order valence-electron chi connectivity index (χ4n) is 3.77. The van der Waals surface area contributed by atoms with E-state index in [0.29, 0.717) is 38.7 Å². The first-order chi connectivity index (χ1) is 17.3. The molecule has 0 saturated carbocycles. The number of esters is 2. The second-order valence-corrected chi connectivity index (χ2v) is 8.71. The van der Waals surface area contributed by atoms with Crippen molar-refractivity contribution in [3.8, 4) is 11.8 Å². The van der Waals surface area contributed by atoms with Crippen molar-refractivity contribution in [2.24, 2.45) is 0 Å². The maximum Gasteiger partial charge on any atom is 0.337 e. The average molecular weight is 507 g/mol. The number of thioether (sulfide) groups is 1. The maximum atomic E-state index is 12.9. The molecule has 1 N–H and O–H groups in total. The third-order valence-electron chi connectivity index (χ3n) is 5.57. The number of allylic oxidation sites excluding steroid dienone is 2. The van der Waals surface area contributed by atoms with Crippen molar-refractivity contribution >= 4 is 29.5 Å². The van der Waals surface area contributed by atoms with Gasteiger partial charge in [-0.25, -0.2) is 9.59 Å². The molecule has 0 aliphatic carbocycles. The van der Waals surface area contributed by atoms with E-state index in [0.717, 1.165) is 0 Å². The molecule has 3 rings (SSSR count). The predicted octanol–water partition coefficient (Wildman–Crippen LogP) is 4.36. The van der Waals surface area contributed by atoms with Gasteiger partial charge in [-0.05, 0) is 55.8 Å². The molecular formula is C27H26N2O6S. The SMILES string of the molecule is CCOC(=O)C1=C(C)NC(SCC(=O)c2ccc(OC)cc2)=C(C#N)[C@H]1c1ccc(C(=O)OC)cc1. The number of ether oxygens (including phenoxy) is 3. The molecule has 0 bridgehead atoms. The summed E-state index contributed by atoms with van der Waals surface area (Å²) in [5, 5.41) is 13.7. The molecule has 0 spiro atoms. The largest absolute Gasteiger partial charge is 0.497 e. The first-order valence-electron chi connectivity index (χ1n) is 11.1. The van der Waals surface area contributed by atoms with Crippen LogP contribution in [0.1, 0.15) is 46.0 Å². The van der Waals surface area contributed by atoms with Crippen molar-refractivity contribution in [2.45, 2.75) is 19.8 Å². The predicted molar refractivity (Wildman–Crippen MR) is 135 cm³/mol. The minimum absolute atomic E-state index is 0.0792. The Morgan fingerprint density at radius 3 is 2.19 bits per heavy atom. The molecule has 0 amide bonds. The molecule has 1 aliphatic rings. The van der Waals surface area contributed by atoms with E-state index in [2.05, 4.69) is 11.4 Å². The normalized spacial score (nSPS) is 15.0. The monoisotopic (exact) mass is 506 g/mol. The quantitative estimate of drug-likeness (QED) is 0.391. The molecule has 8 nitrogen and oxygen atoms in total. The van der Waals surface area contributed by atoms with Gasteiger partial charge in [0.1, 0.15) is 5.75 Å². The number of hydrogen-bond acceptors (Lipinski definition) is 9. The van der Waals surface area contributed by atoms with Gasteiger partial charge in [0.15, 0.2) is 5.78 Å². The summed E-state index contributed by atoms with van der Waals surface area (Å²) in [7, 11) is 2.85. The zero-order valence-electron chi connectivity index (χ0n) is 20.4. The highest BCUT2D eigenvalue weighted by atomic mass is 32.2. The zero-order valence-corrected chi connectivity index (χ0v) is 21.2. The van der Waals surface area contributed by atoms with Crippen LogP contribution in [0.15, 0.2) is 70.4 Å². The molecular weight excluding hydrogens is 480 g/mol. The summed E-state index contributed by atoms with van der Waals surface area (Å²) < 4.78 is 15.2.